The van der Waals surface area contributed by atoms with Gasteiger partial charge >= 0.3 is 5.97 Å². The maximum atomic E-state index is 12.7. The summed E-state index contributed by atoms with van der Waals surface area (Å²) in [6, 6.07) is 23.7. The maximum absolute atomic E-state index is 12.7. The van der Waals surface area contributed by atoms with Gasteiger partial charge < -0.3 is 19.7 Å². The first-order chi connectivity index (χ1) is 16.7. The molecule has 0 atom stereocenters. The second kappa shape index (κ2) is 12.0. The molecule has 6 nitrogen and oxygen atoms in total. The predicted octanol–water partition coefficient (Wildman–Crippen LogP) is 4.70. The van der Waals surface area contributed by atoms with Crippen LogP contribution in [-0.2, 0) is 6.54 Å². The Bertz CT molecular complexity index is 1090. The van der Waals surface area contributed by atoms with E-state index in [4.69, 9.17) is 9.47 Å². The Balaban J connectivity index is 1.21. The lowest BCUT2D eigenvalue weighted by molar-refractivity contribution is 0.0719. The maximum Gasteiger partial charge on any atom is 0.343 e. The molecule has 1 fully saturated rings. The number of nitrogens with one attached hydrogen (secondary N) is 1. The Labute approximate surface area is 200 Å². The molecule has 0 aromatic heterocycles. The van der Waals surface area contributed by atoms with Gasteiger partial charge in [-0.25, -0.2) is 4.79 Å². The van der Waals surface area contributed by atoms with E-state index < -0.39 is 5.97 Å². The van der Waals surface area contributed by atoms with E-state index in [2.05, 4.69) is 5.32 Å². The SMILES string of the molecule is O=C(Oc1cccc(OCCNCc2cccc(C(=O)N3CCCCC3)c2)c1)c1ccccc1. The van der Waals surface area contributed by atoms with Crippen LogP contribution in [0.5, 0.6) is 11.5 Å². The van der Waals surface area contributed by atoms with E-state index in [1.807, 2.05) is 41.3 Å². The minimum absolute atomic E-state index is 0.123. The van der Waals surface area contributed by atoms with Crippen LogP contribution in [0.3, 0.4) is 0 Å². The van der Waals surface area contributed by atoms with Crippen LogP contribution in [0.4, 0.5) is 0 Å². The van der Waals surface area contributed by atoms with Crippen LogP contribution >= 0.6 is 0 Å². The largest absolute Gasteiger partial charge is 0.492 e. The van der Waals surface area contributed by atoms with Gasteiger partial charge in [-0.2, -0.15) is 0 Å². The minimum Gasteiger partial charge on any atom is -0.492 e. The lowest BCUT2D eigenvalue weighted by Gasteiger charge is -2.26. The van der Waals surface area contributed by atoms with E-state index in [0.717, 1.165) is 37.1 Å². The van der Waals surface area contributed by atoms with Crippen molar-refractivity contribution in [2.24, 2.45) is 0 Å². The molecule has 6 heteroatoms. The summed E-state index contributed by atoms with van der Waals surface area (Å²) in [6.07, 6.45) is 3.38. The highest BCUT2D eigenvalue weighted by Gasteiger charge is 2.18. The fourth-order valence-electron chi connectivity index (χ4n) is 3.94. The van der Waals surface area contributed by atoms with E-state index >= 15 is 0 Å². The molecule has 1 heterocycles. The van der Waals surface area contributed by atoms with Crippen LogP contribution in [-0.4, -0.2) is 43.0 Å². The van der Waals surface area contributed by atoms with Crippen molar-refractivity contribution in [1.29, 1.82) is 0 Å². The summed E-state index contributed by atoms with van der Waals surface area (Å²) >= 11 is 0. The highest BCUT2D eigenvalue weighted by Crippen LogP contribution is 2.20. The highest BCUT2D eigenvalue weighted by atomic mass is 16.5. The first-order valence-corrected chi connectivity index (χ1v) is 11.8. The van der Waals surface area contributed by atoms with Crippen molar-refractivity contribution in [2.75, 3.05) is 26.2 Å². The fourth-order valence-corrected chi connectivity index (χ4v) is 3.94. The molecule has 0 unspecified atom stereocenters. The van der Waals surface area contributed by atoms with Gasteiger partial charge in [-0.1, -0.05) is 36.4 Å². The zero-order valence-corrected chi connectivity index (χ0v) is 19.2. The van der Waals surface area contributed by atoms with Crippen molar-refractivity contribution in [3.63, 3.8) is 0 Å². The van der Waals surface area contributed by atoms with Crippen LogP contribution in [0.1, 0.15) is 45.5 Å². The van der Waals surface area contributed by atoms with Crippen LogP contribution in [0.2, 0.25) is 0 Å². The number of ether oxygens (including phenoxy) is 2. The summed E-state index contributed by atoms with van der Waals surface area (Å²) < 4.78 is 11.2. The third kappa shape index (κ3) is 6.68. The Kier molecular flexibility index (Phi) is 8.30. The third-order valence-electron chi connectivity index (χ3n) is 5.72. The number of piperidine rings is 1. The molecular weight excluding hydrogens is 428 g/mol. The van der Waals surface area contributed by atoms with Crippen molar-refractivity contribution >= 4 is 11.9 Å². The topological polar surface area (TPSA) is 67.9 Å². The second-order valence-electron chi connectivity index (χ2n) is 8.31. The third-order valence-corrected chi connectivity index (χ3v) is 5.72. The van der Waals surface area contributed by atoms with Gasteiger partial charge in [-0.3, -0.25) is 4.79 Å². The number of rotatable bonds is 9. The molecular formula is C28H30N2O4. The predicted molar refractivity (Wildman–Crippen MR) is 131 cm³/mol. The Morgan fingerprint density at radius 3 is 2.35 bits per heavy atom. The van der Waals surface area contributed by atoms with Gasteiger partial charge in [0.15, 0.2) is 0 Å². The van der Waals surface area contributed by atoms with E-state index in [0.29, 0.717) is 36.8 Å². The molecule has 1 N–H and O–H groups in total. The molecule has 1 aliphatic heterocycles. The standard InChI is InChI=1S/C28H30N2O4/c31-27(30-16-5-2-6-17-30)24-12-7-9-22(19-24)21-29-15-18-33-25-13-8-14-26(20-25)34-28(32)23-10-3-1-4-11-23/h1,3-4,7-14,19-20,29H,2,5-6,15-18,21H2. The number of nitrogens with zero attached hydrogens (tertiary/aromatic N) is 1. The molecule has 1 aliphatic rings. The van der Waals surface area contributed by atoms with Crippen molar-refractivity contribution < 1.29 is 19.1 Å². The highest BCUT2D eigenvalue weighted by molar-refractivity contribution is 5.94. The summed E-state index contributed by atoms with van der Waals surface area (Å²) in [5.74, 6) is 0.793. The molecule has 0 spiro atoms. The molecule has 3 aromatic rings. The first kappa shape index (κ1) is 23.5. The quantitative estimate of drug-likeness (QED) is 0.286. The number of amides is 1. The summed E-state index contributed by atoms with van der Waals surface area (Å²) in [5, 5.41) is 3.35. The van der Waals surface area contributed by atoms with Crippen molar-refractivity contribution in [3.05, 3.63) is 95.6 Å². The molecule has 176 valence electrons. The molecule has 1 amide bonds. The summed E-state index contributed by atoms with van der Waals surface area (Å²) in [4.78, 5) is 26.9. The van der Waals surface area contributed by atoms with Gasteiger partial charge in [0.1, 0.15) is 18.1 Å². The van der Waals surface area contributed by atoms with E-state index in [-0.39, 0.29) is 5.91 Å². The molecule has 0 saturated carbocycles. The summed E-state index contributed by atoms with van der Waals surface area (Å²) in [5.41, 5.74) is 2.32. The van der Waals surface area contributed by atoms with Gasteiger partial charge in [0.2, 0.25) is 0 Å². The van der Waals surface area contributed by atoms with Gasteiger partial charge in [-0.05, 0) is 61.2 Å². The zero-order chi connectivity index (χ0) is 23.6. The van der Waals surface area contributed by atoms with Crippen LogP contribution < -0.4 is 14.8 Å². The summed E-state index contributed by atoms with van der Waals surface area (Å²) in [6.45, 7) is 3.45. The van der Waals surface area contributed by atoms with Crippen molar-refractivity contribution in [1.82, 2.24) is 10.2 Å². The molecule has 3 aromatic carbocycles. The van der Waals surface area contributed by atoms with E-state index in [1.54, 1.807) is 42.5 Å². The second-order valence-corrected chi connectivity index (χ2v) is 8.31. The Hall–Kier alpha value is -3.64. The van der Waals surface area contributed by atoms with E-state index in [9.17, 15) is 9.59 Å². The number of hydrogen-bond donors (Lipinski definition) is 1. The molecule has 0 radical (unpaired) electrons. The van der Waals surface area contributed by atoms with Crippen LogP contribution in [0, 0.1) is 0 Å². The monoisotopic (exact) mass is 458 g/mol. The van der Waals surface area contributed by atoms with Crippen molar-refractivity contribution in [2.45, 2.75) is 25.8 Å². The minimum atomic E-state index is -0.402. The molecule has 1 saturated heterocycles. The smallest absolute Gasteiger partial charge is 0.343 e. The lowest BCUT2D eigenvalue weighted by atomic mass is 10.1. The molecule has 4 rings (SSSR count). The number of carbonyl (C=O) groups excluding carboxylic acids is 2. The lowest BCUT2D eigenvalue weighted by Crippen LogP contribution is -2.35. The Morgan fingerprint density at radius 2 is 1.53 bits per heavy atom. The first-order valence-electron chi connectivity index (χ1n) is 11.8. The van der Waals surface area contributed by atoms with Gasteiger partial charge in [0, 0.05) is 37.8 Å². The normalized spacial score (nSPS) is 13.4. The number of carbonyl (C=O) groups is 2. The van der Waals surface area contributed by atoms with Crippen LogP contribution in [0.25, 0.3) is 0 Å². The molecule has 0 aliphatic carbocycles. The number of esters is 1. The van der Waals surface area contributed by atoms with E-state index in [1.165, 1.54) is 6.42 Å². The van der Waals surface area contributed by atoms with Gasteiger partial charge in [0.05, 0.1) is 5.56 Å². The Morgan fingerprint density at radius 1 is 0.794 bits per heavy atom. The number of hydrogen-bond acceptors (Lipinski definition) is 5. The summed E-state index contributed by atoms with van der Waals surface area (Å²) in [7, 11) is 0. The fraction of sp³-hybridized carbons (Fsp3) is 0.286. The average molecular weight is 459 g/mol. The molecule has 34 heavy (non-hydrogen) atoms. The molecule has 0 bridgehead atoms. The average Bonchev–Trinajstić information content (AvgIpc) is 2.89. The van der Waals surface area contributed by atoms with Gasteiger partial charge in [0.25, 0.3) is 5.91 Å². The van der Waals surface area contributed by atoms with Crippen LogP contribution in [0.15, 0.2) is 78.9 Å². The number of benzene rings is 3. The number of likely N-dealkylation sites (tertiary alicyclic amines) is 1. The van der Waals surface area contributed by atoms with Gasteiger partial charge in [-0.15, -0.1) is 0 Å². The zero-order valence-electron chi connectivity index (χ0n) is 19.2. The van der Waals surface area contributed by atoms with Crippen molar-refractivity contribution in [3.8, 4) is 11.5 Å².